The van der Waals surface area contributed by atoms with Crippen molar-refractivity contribution in [3.63, 3.8) is 0 Å². The molecule has 0 aliphatic carbocycles. The normalized spacial score (nSPS) is 11.7. The van der Waals surface area contributed by atoms with Crippen LogP contribution in [0.2, 0.25) is 0 Å². The average Bonchev–Trinajstić information content (AvgIpc) is 3.11. The van der Waals surface area contributed by atoms with Gasteiger partial charge in [-0.2, -0.15) is 0 Å². The molecule has 0 amide bonds. The van der Waals surface area contributed by atoms with Crippen LogP contribution in [0.5, 0.6) is 0 Å². The smallest absolute Gasteiger partial charge is 0.178 e. The third-order valence-electron chi connectivity index (χ3n) is 4.06. The Balaban J connectivity index is 1.77. The van der Waals surface area contributed by atoms with Crippen LogP contribution in [-0.2, 0) is 16.3 Å². The number of thiazole rings is 1. The molecular weight excluding hydrogens is 380 g/mol. The molecule has 27 heavy (non-hydrogen) atoms. The third kappa shape index (κ3) is 4.90. The van der Waals surface area contributed by atoms with Crippen LogP contribution in [0.25, 0.3) is 0 Å². The quantitative estimate of drug-likeness (QED) is 0.638. The van der Waals surface area contributed by atoms with Gasteiger partial charge in [0.25, 0.3) is 0 Å². The number of sulfone groups is 1. The van der Waals surface area contributed by atoms with Crippen molar-refractivity contribution in [2.75, 3.05) is 11.1 Å². The fraction of sp³-hybridized carbons (Fsp3) is 0.316. The number of anilines is 2. The first-order chi connectivity index (χ1) is 12.9. The zero-order valence-electron chi connectivity index (χ0n) is 15.5. The van der Waals surface area contributed by atoms with Crippen LogP contribution in [0.1, 0.15) is 43.1 Å². The van der Waals surface area contributed by atoms with Crippen molar-refractivity contribution in [1.29, 1.82) is 0 Å². The van der Waals surface area contributed by atoms with E-state index in [1.54, 1.807) is 36.5 Å². The Morgan fingerprint density at radius 3 is 2.70 bits per heavy atom. The molecule has 8 heteroatoms. The second-order valence-electron chi connectivity index (χ2n) is 6.45. The van der Waals surface area contributed by atoms with E-state index < -0.39 is 9.84 Å². The molecule has 6 nitrogen and oxygen atoms in total. The van der Waals surface area contributed by atoms with Crippen molar-refractivity contribution < 1.29 is 8.42 Å². The highest BCUT2D eigenvalue weighted by Crippen LogP contribution is 2.22. The monoisotopic (exact) mass is 402 g/mol. The summed E-state index contributed by atoms with van der Waals surface area (Å²) in [4.78, 5) is 13.5. The lowest BCUT2D eigenvalue weighted by molar-refractivity contribution is 0.597. The molecule has 0 aliphatic heterocycles. The summed E-state index contributed by atoms with van der Waals surface area (Å²) in [5.74, 6) is 1.09. The summed E-state index contributed by atoms with van der Waals surface area (Å²) in [5.41, 5.74) is 2.62. The lowest BCUT2D eigenvalue weighted by Crippen LogP contribution is -2.04. The Kier molecular flexibility index (Phi) is 5.86. The van der Waals surface area contributed by atoms with Crippen LogP contribution in [0, 0.1) is 0 Å². The maximum absolute atomic E-state index is 12.1. The number of benzene rings is 1. The Labute approximate surface area is 163 Å². The van der Waals surface area contributed by atoms with Crippen molar-refractivity contribution in [3.8, 4) is 0 Å². The minimum absolute atomic E-state index is 0.0697. The molecule has 0 unspecified atom stereocenters. The highest BCUT2D eigenvalue weighted by Gasteiger charge is 2.12. The molecule has 142 valence electrons. The second-order valence-corrected chi connectivity index (χ2v) is 9.67. The first kappa shape index (κ1) is 19.4. The number of rotatable bonds is 7. The van der Waals surface area contributed by atoms with Crippen LogP contribution in [0.4, 0.5) is 11.5 Å². The Morgan fingerprint density at radius 2 is 2.00 bits per heavy atom. The van der Waals surface area contributed by atoms with E-state index in [-0.39, 0.29) is 5.75 Å². The van der Waals surface area contributed by atoms with E-state index in [4.69, 9.17) is 0 Å². The predicted molar refractivity (Wildman–Crippen MR) is 108 cm³/mol. The van der Waals surface area contributed by atoms with E-state index in [9.17, 15) is 8.42 Å². The summed E-state index contributed by atoms with van der Waals surface area (Å²) in [5, 5.41) is 6.25. The minimum atomic E-state index is -3.25. The van der Waals surface area contributed by atoms with Gasteiger partial charge in [0.15, 0.2) is 9.84 Å². The third-order valence-corrected chi connectivity index (χ3v) is 6.66. The molecule has 0 spiro atoms. The molecule has 3 aromatic rings. The molecule has 0 aliphatic rings. The molecule has 0 atom stereocenters. The fourth-order valence-corrected chi connectivity index (χ4v) is 4.37. The van der Waals surface area contributed by atoms with Crippen LogP contribution in [0.15, 0.2) is 46.9 Å². The summed E-state index contributed by atoms with van der Waals surface area (Å²) in [6, 6.07) is 8.61. The van der Waals surface area contributed by atoms with Crippen molar-refractivity contribution in [3.05, 3.63) is 58.4 Å². The molecular formula is C19H22N4O2S2. The van der Waals surface area contributed by atoms with Crippen LogP contribution < -0.4 is 5.32 Å². The highest BCUT2D eigenvalue weighted by molar-refractivity contribution is 7.91. The zero-order chi connectivity index (χ0) is 19.4. The van der Waals surface area contributed by atoms with E-state index in [0.717, 1.165) is 16.4 Å². The van der Waals surface area contributed by atoms with Crippen molar-refractivity contribution in [2.45, 2.75) is 38.0 Å². The highest BCUT2D eigenvalue weighted by atomic mass is 32.2. The fourth-order valence-electron chi connectivity index (χ4n) is 2.47. The van der Waals surface area contributed by atoms with Gasteiger partial charge in [-0.05, 0) is 24.1 Å². The van der Waals surface area contributed by atoms with Crippen molar-refractivity contribution in [2.24, 2.45) is 0 Å². The SMILES string of the molecule is CCS(=O)(=O)c1cccc(Nc2cc(Cc3nc(C(C)C)cs3)ncn2)c1. The molecule has 0 saturated heterocycles. The first-order valence-electron chi connectivity index (χ1n) is 8.72. The van der Waals surface area contributed by atoms with Gasteiger partial charge in [0.05, 0.1) is 27.0 Å². The van der Waals surface area contributed by atoms with Gasteiger partial charge in [-0.25, -0.2) is 23.4 Å². The van der Waals surface area contributed by atoms with Gasteiger partial charge in [-0.15, -0.1) is 11.3 Å². The van der Waals surface area contributed by atoms with Crippen LogP contribution in [-0.4, -0.2) is 29.1 Å². The van der Waals surface area contributed by atoms with Gasteiger partial charge >= 0.3 is 0 Å². The lowest BCUT2D eigenvalue weighted by atomic mass is 10.2. The van der Waals surface area contributed by atoms with Gasteiger partial charge in [-0.1, -0.05) is 26.8 Å². The molecule has 1 aromatic carbocycles. The first-order valence-corrected chi connectivity index (χ1v) is 11.3. The van der Waals surface area contributed by atoms with Crippen LogP contribution >= 0.6 is 11.3 Å². The average molecular weight is 403 g/mol. The predicted octanol–water partition coefficient (Wildman–Crippen LogP) is 4.18. The van der Waals surface area contributed by atoms with E-state index in [1.807, 2.05) is 12.1 Å². The summed E-state index contributed by atoms with van der Waals surface area (Å²) in [6.45, 7) is 5.88. The van der Waals surface area contributed by atoms with Gasteiger partial charge in [-0.3, -0.25) is 0 Å². The number of nitrogens with zero attached hydrogens (tertiary/aromatic N) is 3. The molecule has 2 aromatic heterocycles. The van der Waals surface area contributed by atoms with Crippen molar-refractivity contribution in [1.82, 2.24) is 15.0 Å². The summed E-state index contributed by atoms with van der Waals surface area (Å²) in [7, 11) is -3.25. The topological polar surface area (TPSA) is 84.8 Å². The molecule has 0 saturated carbocycles. The Bertz CT molecular complexity index is 1030. The number of nitrogens with one attached hydrogen (secondary N) is 1. The van der Waals surface area contributed by atoms with Gasteiger partial charge in [0.2, 0.25) is 0 Å². The zero-order valence-corrected chi connectivity index (χ0v) is 17.1. The minimum Gasteiger partial charge on any atom is -0.340 e. The van der Waals surface area contributed by atoms with Gasteiger partial charge < -0.3 is 5.32 Å². The maximum Gasteiger partial charge on any atom is 0.178 e. The lowest BCUT2D eigenvalue weighted by Gasteiger charge is -2.08. The van der Waals surface area contributed by atoms with Gasteiger partial charge in [0, 0.05) is 23.6 Å². The van der Waals surface area contributed by atoms with E-state index in [1.165, 1.54) is 6.33 Å². The summed E-state index contributed by atoms with van der Waals surface area (Å²) in [6.07, 6.45) is 2.14. The molecule has 3 rings (SSSR count). The maximum atomic E-state index is 12.1. The summed E-state index contributed by atoms with van der Waals surface area (Å²) < 4.78 is 24.1. The Hall–Kier alpha value is -2.32. The molecule has 1 N–H and O–H groups in total. The molecule has 0 fully saturated rings. The number of aromatic nitrogens is 3. The second kappa shape index (κ2) is 8.14. The largest absolute Gasteiger partial charge is 0.340 e. The molecule has 2 heterocycles. The summed E-state index contributed by atoms with van der Waals surface area (Å²) >= 11 is 1.63. The van der Waals surface area contributed by atoms with E-state index in [0.29, 0.717) is 28.7 Å². The van der Waals surface area contributed by atoms with E-state index in [2.05, 4.69) is 39.5 Å². The standard InChI is InChI=1S/C19H22N4O2S2/c1-4-27(24,25)16-7-5-6-14(8-16)22-18-9-15(20-12-21-18)10-19-23-17(11-26-19)13(2)3/h5-9,11-13H,4,10H2,1-3H3,(H,20,21,22). The van der Waals surface area contributed by atoms with Gasteiger partial charge in [0.1, 0.15) is 12.1 Å². The van der Waals surface area contributed by atoms with E-state index >= 15 is 0 Å². The Morgan fingerprint density at radius 1 is 1.19 bits per heavy atom. The van der Waals surface area contributed by atoms with Crippen molar-refractivity contribution >= 4 is 32.7 Å². The van der Waals surface area contributed by atoms with Crippen LogP contribution in [0.3, 0.4) is 0 Å². The number of hydrogen-bond donors (Lipinski definition) is 1. The number of hydrogen-bond acceptors (Lipinski definition) is 7. The molecule has 0 radical (unpaired) electrons. The molecule has 0 bridgehead atoms.